The standard InChI is InChI=1S/C21H26N2O4/c1-14(2)12-19(20(24)25)23(21(26)27)11-9-16-4-6-17(7-5-16)18-13-15(3)8-10-22-18/h4-8,10,13-14,19H,9,11-12H2,1-3H3,(H,24,25)(H,26,27). The Morgan fingerprint density at radius 3 is 2.30 bits per heavy atom. The molecule has 144 valence electrons. The predicted octanol–water partition coefficient (Wildman–Crippen LogP) is 4.08. The zero-order valence-electron chi connectivity index (χ0n) is 15.9. The van der Waals surface area contributed by atoms with Crippen LogP contribution in [0.2, 0.25) is 0 Å². The number of carboxylic acid groups (broad SMARTS) is 2. The van der Waals surface area contributed by atoms with Crippen molar-refractivity contribution < 1.29 is 19.8 Å². The summed E-state index contributed by atoms with van der Waals surface area (Å²) in [5, 5.41) is 18.9. The van der Waals surface area contributed by atoms with Crippen LogP contribution in [0.15, 0.2) is 42.6 Å². The van der Waals surface area contributed by atoms with Crippen LogP contribution in [0.5, 0.6) is 0 Å². The van der Waals surface area contributed by atoms with Crippen LogP contribution >= 0.6 is 0 Å². The first-order chi connectivity index (χ1) is 12.8. The van der Waals surface area contributed by atoms with Gasteiger partial charge in [-0.1, -0.05) is 38.1 Å². The van der Waals surface area contributed by atoms with Gasteiger partial charge in [0.1, 0.15) is 6.04 Å². The first-order valence-electron chi connectivity index (χ1n) is 9.02. The van der Waals surface area contributed by atoms with Crippen molar-refractivity contribution in [2.24, 2.45) is 5.92 Å². The van der Waals surface area contributed by atoms with E-state index in [9.17, 15) is 19.8 Å². The van der Waals surface area contributed by atoms with Crippen molar-refractivity contribution in [3.05, 3.63) is 53.7 Å². The van der Waals surface area contributed by atoms with Crippen molar-refractivity contribution in [3.8, 4) is 11.3 Å². The highest BCUT2D eigenvalue weighted by Gasteiger charge is 2.29. The molecule has 1 unspecified atom stereocenters. The molecular formula is C21H26N2O4. The van der Waals surface area contributed by atoms with Gasteiger partial charge in [0.25, 0.3) is 0 Å². The number of carbonyl (C=O) groups is 2. The van der Waals surface area contributed by atoms with Gasteiger partial charge in [-0.3, -0.25) is 9.88 Å². The van der Waals surface area contributed by atoms with Crippen molar-refractivity contribution in [3.63, 3.8) is 0 Å². The van der Waals surface area contributed by atoms with Gasteiger partial charge in [-0.2, -0.15) is 0 Å². The Hall–Kier alpha value is -2.89. The summed E-state index contributed by atoms with van der Waals surface area (Å²) in [7, 11) is 0. The Bertz CT molecular complexity index is 787. The fourth-order valence-electron chi connectivity index (χ4n) is 2.98. The van der Waals surface area contributed by atoms with Gasteiger partial charge in [-0.15, -0.1) is 0 Å². The summed E-state index contributed by atoms with van der Waals surface area (Å²) in [6, 6.07) is 10.7. The number of hydrogen-bond donors (Lipinski definition) is 2. The summed E-state index contributed by atoms with van der Waals surface area (Å²) in [5.41, 5.74) is 3.95. The molecule has 0 aliphatic heterocycles. The molecular weight excluding hydrogens is 344 g/mol. The minimum atomic E-state index is -1.20. The van der Waals surface area contributed by atoms with E-state index < -0.39 is 18.1 Å². The van der Waals surface area contributed by atoms with Gasteiger partial charge < -0.3 is 10.2 Å². The van der Waals surface area contributed by atoms with Crippen LogP contribution in [0.4, 0.5) is 4.79 Å². The van der Waals surface area contributed by atoms with Crippen molar-refractivity contribution >= 4 is 12.1 Å². The van der Waals surface area contributed by atoms with E-state index in [1.807, 2.05) is 57.2 Å². The van der Waals surface area contributed by atoms with E-state index >= 15 is 0 Å². The zero-order chi connectivity index (χ0) is 20.0. The van der Waals surface area contributed by atoms with Crippen LogP contribution in [0.1, 0.15) is 31.4 Å². The van der Waals surface area contributed by atoms with E-state index in [-0.39, 0.29) is 12.5 Å². The highest BCUT2D eigenvalue weighted by molar-refractivity contribution is 5.79. The monoisotopic (exact) mass is 370 g/mol. The van der Waals surface area contributed by atoms with Crippen LogP contribution in [0.3, 0.4) is 0 Å². The van der Waals surface area contributed by atoms with Gasteiger partial charge in [0, 0.05) is 18.3 Å². The van der Waals surface area contributed by atoms with Gasteiger partial charge in [0.05, 0.1) is 5.69 Å². The Balaban J connectivity index is 2.08. The minimum absolute atomic E-state index is 0.0917. The van der Waals surface area contributed by atoms with Crippen LogP contribution in [-0.2, 0) is 11.2 Å². The lowest BCUT2D eigenvalue weighted by molar-refractivity contribution is -0.143. The fourth-order valence-corrected chi connectivity index (χ4v) is 2.98. The Labute approximate surface area is 159 Å². The Morgan fingerprint density at radius 1 is 1.11 bits per heavy atom. The lowest BCUT2D eigenvalue weighted by atomic mass is 10.0. The summed E-state index contributed by atoms with van der Waals surface area (Å²) in [5.74, 6) is -1.01. The van der Waals surface area contributed by atoms with Crippen LogP contribution in [0.25, 0.3) is 11.3 Å². The molecule has 2 rings (SSSR count). The summed E-state index contributed by atoms with van der Waals surface area (Å²) < 4.78 is 0. The lowest BCUT2D eigenvalue weighted by Crippen LogP contribution is -2.46. The summed E-state index contributed by atoms with van der Waals surface area (Å²) in [4.78, 5) is 28.5. The Morgan fingerprint density at radius 2 is 1.78 bits per heavy atom. The number of aromatic nitrogens is 1. The van der Waals surface area contributed by atoms with E-state index in [4.69, 9.17) is 0 Å². The van der Waals surface area contributed by atoms with E-state index in [1.54, 1.807) is 6.20 Å². The third-order valence-corrected chi connectivity index (χ3v) is 4.41. The molecule has 1 amide bonds. The molecule has 0 aliphatic carbocycles. The van der Waals surface area contributed by atoms with Crippen molar-refractivity contribution in [2.45, 2.75) is 39.7 Å². The molecule has 27 heavy (non-hydrogen) atoms. The van der Waals surface area contributed by atoms with Crippen LogP contribution in [-0.4, -0.2) is 44.7 Å². The topological polar surface area (TPSA) is 90.7 Å². The number of amides is 1. The van der Waals surface area contributed by atoms with Crippen molar-refractivity contribution in [1.29, 1.82) is 0 Å². The largest absolute Gasteiger partial charge is 0.480 e. The van der Waals surface area contributed by atoms with E-state index in [2.05, 4.69) is 4.98 Å². The van der Waals surface area contributed by atoms with Gasteiger partial charge in [0.2, 0.25) is 0 Å². The molecule has 0 saturated heterocycles. The second-order valence-electron chi connectivity index (χ2n) is 7.12. The number of aryl methyl sites for hydroxylation is 1. The van der Waals surface area contributed by atoms with Crippen molar-refractivity contribution in [2.75, 3.05) is 6.54 Å². The first-order valence-corrected chi connectivity index (χ1v) is 9.02. The predicted molar refractivity (Wildman–Crippen MR) is 104 cm³/mol. The van der Waals surface area contributed by atoms with E-state index in [0.717, 1.165) is 27.3 Å². The summed E-state index contributed by atoms with van der Waals surface area (Å²) >= 11 is 0. The second kappa shape index (κ2) is 9.16. The number of benzene rings is 1. The third-order valence-electron chi connectivity index (χ3n) is 4.41. The van der Waals surface area contributed by atoms with Crippen LogP contribution < -0.4 is 0 Å². The van der Waals surface area contributed by atoms with E-state index in [0.29, 0.717) is 12.8 Å². The number of pyridine rings is 1. The number of aliphatic carboxylic acids is 1. The quantitative estimate of drug-likeness (QED) is 0.731. The molecule has 6 nitrogen and oxygen atoms in total. The SMILES string of the molecule is Cc1ccnc(-c2ccc(CCN(C(=O)O)C(CC(C)C)C(=O)O)cc2)c1. The molecule has 0 radical (unpaired) electrons. The average Bonchev–Trinajstić information content (AvgIpc) is 2.60. The molecule has 0 spiro atoms. The highest BCUT2D eigenvalue weighted by Crippen LogP contribution is 2.19. The third kappa shape index (κ3) is 5.81. The maximum Gasteiger partial charge on any atom is 0.408 e. The van der Waals surface area contributed by atoms with Crippen LogP contribution in [0, 0.1) is 12.8 Å². The molecule has 1 aromatic carbocycles. The fraction of sp³-hybridized carbons (Fsp3) is 0.381. The van der Waals surface area contributed by atoms with Gasteiger partial charge in [-0.25, -0.2) is 9.59 Å². The molecule has 2 N–H and O–H groups in total. The maximum atomic E-state index is 11.6. The molecule has 1 heterocycles. The molecule has 1 aromatic heterocycles. The van der Waals surface area contributed by atoms with E-state index in [1.165, 1.54) is 0 Å². The van der Waals surface area contributed by atoms with Gasteiger partial charge in [-0.05, 0) is 48.9 Å². The number of nitrogens with zero attached hydrogens (tertiary/aromatic N) is 2. The molecule has 0 aliphatic rings. The zero-order valence-corrected chi connectivity index (χ0v) is 15.9. The first kappa shape index (κ1) is 20.4. The molecule has 1 atom stereocenters. The van der Waals surface area contributed by atoms with Gasteiger partial charge >= 0.3 is 12.1 Å². The number of hydrogen-bond acceptors (Lipinski definition) is 3. The highest BCUT2D eigenvalue weighted by atomic mass is 16.4. The molecule has 0 bridgehead atoms. The Kier molecular flexibility index (Phi) is 6.93. The maximum absolute atomic E-state index is 11.6. The normalized spacial score (nSPS) is 12.0. The second-order valence-corrected chi connectivity index (χ2v) is 7.12. The molecule has 0 saturated carbocycles. The minimum Gasteiger partial charge on any atom is -0.480 e. The number of rotatable bonds is 8. The summed E-state index contributed by atoms with van der Waals surface area (Å²) in [6.07, 6.45) is 1.31. The smallest absolute Gasteiger partial charge is 0.408 e. The number of carboxylic acids is 1. The molecule has 0 fully saturated rings. The van der Waals surface area contributed by atoms with Crippen molar-refractivity contribution in [1.82, 2.24) is 9.88 Å². The average molecular weight is 370 g/mol. The molecule has 2 aromatic rings. The molecule has 6 heteroatoms. The van der Waals surface area contributed by atoms with Gasteiger partial charge in [0.15, 0.2) is 0 Å². The summed E-state index contributed by atoms with van der Waals surface area (Å²) in [6.45, 7) is 5.92. The lowest BCUT2D eigenvalue weighted by Gasteiger charge is -2.27.